The Morgan fingerprint density at radius 3 is 2.67 bits per heavy atom. The SMILES string of the molecule is Nc1nc(N)c2c(Br)c(Br)n([C@H]3C[C@H](O)[C@@H](CO)O3)c2n1. The van der Waals surface area contributed by atoms with E-state index in [-0.39, 0.29) is 18.4 Å². The molecule has 1 aliphatic rings. The molecule has 2 aromatic rings. The number of nitrogens with zero attached hydrogens (tertiary/aromatic N) is 3. The first kappa shape index (κ1) is 15.0. The van der Waals surface area contributed by atoms with Crippen molar-refractivity contribution < 1.29 is 14.9 Å². The summed E-state index contributed by atoms with van der Waals surface area (Å²) in [6, 6.07) is 0. The monoisotopic (exact) mass is 421 g/mol. The highest BCUT2D eigenvalue weighted by atomic mass is 79.9. The predicted octanol–water partition coefficient (Wildman–Crippen LogP) is 0.761. The number of fused-ring (bicyclic) bond motifs is 1. The lowest BCUT2D eigenvalue weighted by molar-refractivity contribution is -0.0437. The molecule has 1 aliphatic heterocycles. The van der Waals surface area contributed by atoms with Crippen LogP contribution in [0, 0.1) is 0 Å². The number of aromatic nitrogens is 3. The number of halogens is 2. The number of ether oxygens (including phenoxy) is 1. The lowest BCUT2D eigenvalue weighted by atomic mass is 10.2. The Labute approximate surface area is 136 Å². The largest absolute Gasteiger partial charge is 0.394 e. The number of aliphatic hydroxyl groups is 2. The van der Waals surface area contributed by atoms with Gasteiger partial charge >= 0.3 is 0 Å². The minimum Gasteiger partial charge on any atom is -0.394 e. The fraction of sp³-hybridized carbons (Fsp3) is 0.455. The van der Waals surface area contributed by atoms with Gasteiger partial charge in [-0.05, 0) is 31.9 Å². The van der Waals surface area contributed by atoms with E-state index in [9.17, 15) is 10.2 Å². The van der Waals surface area contributed by atoms with E-state index in [0.717, 1.165) is 0 Å². The number of anilines is 2. The van der Waals surface area contributed by atoms with Gasteiger partial charge in [-0.1, -0.05) is 0 Å². The smallest absolute Gasteiger partial charge is 0.223 e. The molecule has 6 N–H and O–H groups in total. The van der Waals surface area contributed by atoms with Crippen molar-refractivity contribution in [1.82, 2.24) is 14.5 Å². The van der Waals surface area contributed by atoms with Gasteiger partial charge in [-0.15, -0.1) is 0 Å². The predicted molar refractivity (Wildman–Crippen MR) is 83.4 cm³/mol. The molecular weight excluding hydrogens is 410 g/mol. The molecule has 0 unspecified atom stereocenters. The molecular formula is C11H13Br2N5O3. The molecule has 3 rings (SSSR count). The first-order chi connectivity index (χ1) is 9.93. The Morgan fingerprint density at radius 1 is 1.33 bits per heavy atom. The first-order valence-electron chi connectivity index (χ1n) is 6.16. The van der Waals surface area contributed by atoms with E-state index in [0.29, 0.717) is 26.5 Å². The van der Waals surface area contributed by atoms with Gasteiger partial charge in [0.2, 0.25) is 5.95 Å². The molecule has 0 amide bonds. The lowest BCUT2D eigenvalue weighted by Crippen LogP contribution is -2.24. The third kappa shape index (κ3) is 2.30. The maximum atomic E-state index is 9.89. The molecule has 0 aliphatic carbocycles. The number of hydrogen-bond donors (Lipinski definition) is 4. The van der Waals surface area contributed by atoms with Crippen molar-refractivity contribution in [2.75, 3.05) is 18.1 Å². The fourth-order valence-corrected chi connectivity index (χ4v) is 3.64. The molecule has 0 spiro atoms. The van der Waals surface area contributed by atoms with Gasteiger partial charge in [0, 0.05) is 6.42 Å². The lowest BCUT2D eigenvalue weighted by Gasteiger charge is -2.15. The molecule has 0 aromatic carbocycles. The fourth-order valence-electron chi connectivity index (χ4n) is 2.47. The van der Waals surface area contributed by atoms with Crippen LogP contribution in [0.2, 0.25) is 0 Å². The third-order valence-corrected chi connectivity index (χ3v) is 5.53. The maximum absolute atomic E-state index is 9.89. The zero-order valence-corrected chi connectivity index (χ0v) is 13.9. The molecule has 1 fully saturated rings. The molecule has 2 aromatic heterocycles. The quantitative estimate of drug-likeness (QED) is 0.561. The molecule has 10 heteroatoms. The number of hydrogen-bond acceptors (Lipinski definition) is 7. The van der Waals surface area contributed by atoms with Crippen LogP contribution in [0.25, 0.3) is 11.0 Å². The summed E-state index contributed by atoms with van der Waals surface area (Å²) >= 11 is 6.89. The van der Waals surface area contributed by atoms with Gasteiger partial charge in [-0.25, -0.2) is 0 Å². The number of rotatable bonds is 2. The molecule has 0 radical (unpaired) electrons. The van der Waals surface area contributed by atoms with E-state index in [1.165, 1.54) is 0 Å². The van der Waals surface area contributed by atoms with Crippen LogP contribution in [-0.4, -0.2) is 43.6 Å². The van der Waals surface area contributed by atoms with E-state index in [1.807, 2.05) is 0 Å². The molecule has 3 heterocycles. The van der Waals surface area contributed by atoms with Crippen LogP contribution >= 0.6 is 31.9 Å². The second-order valence-corrected chi connectivity index (χ2v) is 6.30. The summed E-state index contributed by atoms with van der Waals surface area (Å²) < 4.78 is 8.72. The Hall–Kier alpha value is -0.940. The van der Waals surface area contributed by atoms with Gasteiger partial charge in [0.15, 0.2) is 5.65 Å². The molecule has 0 bridgehead atoms. The van der Waals surface area contributed by atoms with Crippen LogP contribution in [0.1, 0.15) is 12.6 Å². The highest BCUT2D eigenvalue weighted by molar-refractivity contribution is 9.13. The van der Waals surface area contributed by atoms with Crippen LogP contribution in [-0.2, 0) is 4.74 Å². The van der Waals surface area contributed by atoms with Crippen LogP contribution in [0.4, 0.5) is 11.8 Å². The number of aliphatic hydroxyl groups excluding tert-OH is 2. The highest BCUT2D eigenvalue weighted by Gasteiger charge is 2.37. The molecule has 114 valence electrons. The van der Waals surface area contributed by atoms with Gasteiger partial charge in [-0.2, -0.15) is 9.97 Å². The van der Waals surface area contributed by atoms with Crippen molar-refractivity contribution >= 4 is 54.7 Å². The van der Waals surface area contributed by atoms with Gasteiger partial charge in [0.05, 0.1) is 22.6 Å². The minimum atomic E-state index is -0.750. The van der Waals surface area contributed by atoms with E-state index in [1.54, 1.807) is 4.57 Å². The van der Waals surface area contributed by atoms with Crippen LogP contribution in [0.15, 0.2) is 9.08 Å². The Balaban J connectivity index is 2.17. The second kappa shape index (κ2) is 5.36. The number of nitrogen functional groups attached to an aromatic ring is 2. The van der Waals surface area contributed by atoms with Crippen LogP contribution < -0.4 is 11.5 Å². The van der Waals surface area contributed by atoms with Gasteiger partial charge in [0.25, 0.3) is 0 Å². The Bertz CT molecular complexity index is 707. The molecule has 3 atom stereocenters. The summed E-state index contributed by atoms with van der Waals surface area (Å²) in [5.41, 5.74) is 12.0. The Kier molecular flexibility index (Phi) is 3.82. The number of nitrogens with two attached hydrogens (primary N) is 2. The van der Waals surface area contributed by atoms with E-state index >= 15 is 0 Å². The van der Waals surface area contributed by atoms with Crippen molar-refractivity contribution in [3.8, 4) is 0 Å². The zero-order valence-electron chi connectivity index (χ0n) is 10.7. The van der Waals surface area contributed by atoms with Crippen molar-refractivity contribution in [3.05, 3.63) is 9.08 Å². The van der Waals surface area contributed by atoms with Crippen molar-refractivity contribution in [2.24, 2.45) is 0 Å². The summed E-state index contributed by atoms with van der Waals surface area (Å²) in [7, 11) is 0. The molecule has 1 saturated heterocycles. The highest BCUT2D eigenvalue weighted by Crippen LogP contribution is 2.42. The summed E-state index contributed by atoms with van der Waals surface area (Å²) in [5.74, 6) is 0.303. The van der Waals surface area contributed by atoms with E-state index < -0.39 is 18.4 Å². The normalized spacial score (nSPS) is 25.8. The summed E-state index contributed by atoms with van der Waals surface area (Å²) in [5, 5.41) is 19.7. The van der Waals surface area contributed by atoms with Crippen molar-refractivity contribution in [2.45, 2.75) is 24.9 Å². The van der Waals surface area contributed by atoms with E-state index in [2.05, 4.69) is 41.8 Å². The molecule has 0 saturated carbocycles. The van der Waals surface area contributed by atoms with Crippen LogP contribution in [0.5, 0.6) is 0 Å². The van der Waals surface area contributed by atoms with Crippen molar-refractivity contribution in [1.29, 1.82) is 0 Å². The topological polar surface area (TPSA) is 132 Å². The standard InChI is InChI=1S/C11H13Br2N5O3/c12-7-6-9(14)16-11(15)17-10(6)18(8(7)13)5-1-3(20)4(2-19)21-5/h3-5,19-20H,1-2H2,(H4,14,15,16,17)/t3-,4+,5+/m0/s1. The Morgan fingerprint density at radius 2 is 2.05 bits per heavy atom. The van der Waals surface area contributed by atoms with Gasteiger partial charge in [-0.3, -0.25) is 4.57 Å². The molecule has 21 heavy (non-hydrogen) atoms. The van der Waals surface area contributed by atoms with Gasteiger partial charge < -0.3 is 26.4 Å². The summed E-state index contributed by atoms with van der Waals surface area (Å²) in [4.78, 5) is 8.14. The molecule has 8 nitrogen and oxygen atoms in total. The average molecular weight is 423 g/mol. The maximum Gasteiger partial charge on any atom is 0.223 e. The van der Waals surface area contributed by atoms with E-state index in [4.69, 9.17) is 16.2 Å². The summed E-state index contributed by atoms with van der Waals surface area (Å²) in [6.07, 6.45) is -1.55. The van der Waals surface area contributed by atoms with Crippen LogP contribution in [0.3, 0.4) is 0 Å². The van der Waals surface area contributed by atoms with Gasteiger partial charge in [0.1, 0.15) is 22.8 Å². The minimum absolute atomic E-state index is 0.0519. The second-order valence-electron chi connectivity index (χ2n) is 4.76. The zero-order chi connectivity index (χ0) is 15.3. The third-order valence-electron chi connectivity index (χ3n) is 3.45. The van der Waals surface area contributed by atoms with Crippen molar-refractivity contribution in [3.63, 3.8) is 0 Å². The summed E-state index contributed by atoms with van der Waals surface area (Å²) in [6.45, 7) is -0.255. The average Bonchev–Trinajstić information content (AvgIpc) is 2.89. The first-order valence-corrected chi connectivity index (χ1v) is 7.75.